The van der Waals surface area contributed by atoms with E-state index in [2.05, 4.69) is 27.4 Å². The molecular weight excluding hydrogens is 444 g/mol. The molecule has 0 aromatic rings. The molecule has 0 spiro atoms. The van der Waals surface area contributed by atoms with E-state index >= 15 is 0 Å². The maximum atomic E-state index is 13.9. The molecule has 10 atom stereocenters. The van der Waals surface area contributed by atoms with Gasteiger partial charge in [-0.3, -0.25) is 9.59 Å². The molecule has 0 bridgehead atoms. The SMILES string of the molecule is C=C(CC[C@@H](C)C1CCC2C3=C(C(=O)C[C@@]21C)[C@@]1(C)CC[C@@H](O)[C@](C)(O)C1C[C@@H]3O)C(C)C(=O)O. The van der Waals surface area contributed by atoms with Gasteiger partial charge in [0.1, 0.15) is 0 Å². The number of aliphatic carboxylic acids is 1. The van der Waals surface area contributed by atoms with E-state index in [0.717, 1.165) is 36.0 Å². The van der Waals surface area contributed by atoms with Crippen LogP contribution in [0.15, 0.2) is 23.3 Å². The van der Waals surface area contributed by atoms with Crippen molar-refractivity contribution < 1.29 is 30.0 Å². The van der Waals surface area contributed by atoms with Gasteiger partial charge < -0.3 is 20.4 Å². The monoisotopic (exact) mass is 488 g/mol. The molecule has 4 rings (SSSR count). The first-order valence-corrected chi connectivity index (χ1v) is 13.4. The van der Waals surface area contributed by atoms with Crippen molar-refractivity contribution in [3.8, 4) is 0 Å². The maximum absolute atomic E-state index is 13.9. The summed E-state index contributed by atoms with van der Waals surface area (Å²) in [5.74, 6) is -0.914. The highest BCUT2D eigenvalue weighted by atomic mass is 16.4. The summed E-state index contributed by atoms with van der Waals surface area (Å²) in [6, 6.07) is 0. The second kappa shape index (κ2) is 8.81. The Morgan fingerprint density at radius 2 is 1.80 bits per heavy atom. The van der Waals surface area contributed by atoms with Crippen LogP contribution in [0.1, 0.15) is 86.0 Å². The normalized spacial score (nSPS) is 44.8. The van der Waals surface area contributed by atoms with Gasteiger partial charge in [0.2, 0.25) is 0 Å². The van der Waals surface area contributed by atoms with E-state index < -0.39 is 35.1 Å². The van der Waals surface area contributed by atoms with E-state index in [1.165, 1.54) is 0 Å². The summed E-state index contributed by atoms with van der Waals surface area (Å²) >= 11 is 0. The minimum absolute atomic E-state index is 0.0974. The van der Waals surface area contributed by atoms with Gasteiger partial charge in [0.05, 0.1) is 23.7 Å². The van der Waals surface area contributed by atoms with Crippen LogP contribution in [-0.4, -0.2) is 50.0 Å². The fourth-order valence-corrected chi connectivity index (χ4v) is 8.71. The second-order valence-corrected chi connectivity index (χ2v) is 12.9. The Balaban J connectivity index is 1.62. The molecule has 0 aromatic carbocycles. The zero-order chi connectivity index (χ0) is 26.1. The van der Waals surface area contributed by atoms with E-state index in [9.17, 15) is 30.0 Å². The molecule has 2 fully saturated rings. The number of carboxylic acid groups (broad SMARTS) is 1. The molecule has 0 aliphatic heterocycles. The van der Waals surface area contributed by atoms with Crippen molar-refractivity contribution in [2.45, 2.75) is 104 Å². The van der Waals surface area contributed by atoms with Gasteiger partial charge in [-0.2, -0.15) is 0 Å². The molecule has 0 amide bonds. The molecule has 6 nitrogen and oxygen atoms in total. The van der Waals surface area contributed by atoms with Gasteiger partial charge in [-0.1, -0.05) is 32.9 Å². The lowest BCUT2D eigenvalue weighted by Crippen LogP contribution is -2.61. The molecule has 0 saturated heterocycles. The average molecular weight is 489 g/mol. The van der Waals surface area contributed by atoms with E-state index in [1.54, 1.807) is 13.8 Å². The topological polar surface area (TPSA) is 115 Å². The van der Waals surface area contributed by atoms with Crippen LogP contribution in [0.3, 0.4) is 0 Å². The number of aliphatic hydroxyl groups is 3. The highest BCUT2D eigenvalue weighted by molar-refractivity contribution is 5.99. The quantitative estimate of drug-likeness (QED) is 0.415. The van der Waals surface area contributed by atoms with Crippen LogP contribution in [0.4, 0.5) is 0 Å². The molecule has 4 N–H and O–H groups in total. The third-order valence-electron chi connectivity index (χ3n) is 11.0. The number of Topliss-reactive ketones (excluding diaryl/α,β-unsaturated/α-hetero) is 1. The van der Waals surface area contributed by atoms with Crippen molar-refractivity contribution in [2.24, 2.45) is 40.4 Å². The van der Waals surface area contributed by atoms with E-state index in [4.69, 9.17) is 0 Å². The lowest BCUT2D eigenvalue weighted by molar-refractivity contribution is -0.174. The Bertz CT molecular complexity index is 949. The van der Waals surface area contributed by atoms with Crippen molar-refractivity contribution in [2.75, 3.05) is 0 Å². The number of rotatable bonds is 6. The van der Waals surface area contributed by atoms with Crippen molar-refractivity contribution in [3.05, 3.63) is 23.3 Å². The smallest absolute Gasteiger partial charge is 0.310 e. The molecule has 196 valence electrons. The van der Waals surface area contributed by atoms with Crippen LogP contribution in [0.5, 0.6) is 0 Å². The molecule has 35 heavy (non-hydrogen) atoms. The minimum Gasteiger partial charge on any atom is -0.481 e. The van der Waals surface area contributed by atoms with Gasteiger partial charge >= 0.3 is 5.97 Å². The number of aliphatic hydroxyl groups excluding tert-OH is 2. The highest BCUT2D eigenvalue weighted by Crippen LogP contribution is 2.66. The van der Waals surface area contributed by atoms with Gasteiger partial charge in [0.25, 0.3) is 0 Å². The molecule has 4 aliphatic rings. The largest absolute Gasteiger partial charge is 0.481 e. The molecule has 0 aromatic heterocycles. The molecule has 0 heterocycles. The van der Waals surface area contributed by atoms with Crippen LogP contribution >= 0.6 is 0 Å². The fraction of sp³-hybridized carbons (Fsp3) is 0.793. The summed E-state index contributed by atoms with van der Waals surface area (Å²) in [4.78, 5) is 25.2. The fourth-order valence-electron chi connectivity index (χ4n) is 8.71. The van der Waals surface area contributed by atoms with Gasteiger partial charge in [0.15, 0.2) is 5.78 Å². The minimum atomic E-state index is -1.34. The van der Waals surface area contributed by atoms with Crippen molar-refractivity contribution in [3.63, 3.8) is 0 Å². The predicted molar refractivity (Wildman–Crippen MR) is 133 cm³/mol. The van der Waals surface area contributed by atoms with Crippen LogP contribution < -0.4 is 0 Å². The van der Waals surface area contributed by atoms with Crippen LogP contribution in [-0.2, 0) is 9.59 Å². The Hall–Kier alpha value is -1.50. The average Bonchev–Trinajstić information content (AvgIpc) is 3.12. The van der Waals surface area contributed by atoms with Crippen molar-refractivity contribution >= 4 is 11.8 Å². The number of ketones is 1. The first-order valence-electron chi connectivity index (χ1n) is 13.4. The van der Waals surface area contributed by atoms with Crippen LogP contribution in [0, 0.1) is 40.4 Å². The third kappa shape index (κ3) is 3.95. The molecular formula is C29H44O6. The van der Waals surface area contributed by atoms with Gasteiger partial charge in [-0.25, -0.2) is 0 Å². The predicted octanol–water partition coefficient (Wildman–Crippen LogP) is 4.27. The number of hydrogen-bond donors (Lipinski definition) is 4. The highest BCUT2D eigenvalue weighted by Gasteiger charge is 2.63. The lowest BCUT2D eigenvalue weighted by atomic mass is 9.47. The second-order valence-electron chi connectivity index (χ2n) is 12.9. The van der Waals surface area contributed by atoms with Gasteiger partial charge in [-0.15, -0.1) is 0 Å². The van der Waals surface area contributed by atoms with Crippen LogP contribution in [0.2, 0.25) is 0 Å². The number of carboxylic acids is 1. The summed E-state index contributed by atoms with van der Waals surface area (Å²) in [5.41, 5.74) is 0.277. The summed E-state index contributed by atoms with van der Waals surface area (Å²) < 4.78 is 0. The first kappa shape index (κ1) is 26.6. The van der Waals surface area contributed by atoms with Crippen molar-refractivity contribution in [1.82, 2.24) is 0 Å². The summed E-state index contributed by atoms with van der Waals surface area (Å²) in [5, 5.41) is 42.4. The summed E-state index contributed by atoms with van der Waals surface area (Å²) in [6.07, 6.45) is 3.68. The Labute approximate surface area is 209 Å². The van der Waals surface area contributed by atoms with Gasteiger partial charge in [0, 0.05) is 23.3 Å². The molecule has 2 saturated carbocycles. The summed E-state index contributed by atoms with van der Waals surface area (Å²) in [7, 11) is 0. The molecule has 4 unspecified atom stereocenters. The lowest BCUT2D eigenvalue weighted by Gasteiger charge is -2.59. The number of hydrogen-bond acceptors (Lipinski definition) is 5. The Morgan fingerprint density at radius 3 is 2.43 bits per heavy atom. The number of fused-ring (bicyclic) bond motifs is 4. The number of carbonyl (C=O) groups excluding carboxylic acids is 1. The van der Waals surface area contributed by atoms with Crippen molar-refractivity contribution in [1.29, 1.82) is 0 Å². The zero-order valence-electron chi connectivity index (χ0n) is 22.0. The van der Waals surface area contributed by atoms with E-state index in [1.807, 2.05) is 0 Å². The third-order valence-corrected chi connectivity index (χ3v) is 11.0. The zero-order valence-corrected chi connectivity index (χ0v) is 22.0. The Kier molecular flexibility index (Phi) is 6.69. The first-order chi connectivity index (χ1) is 16.2. The molecule has 6 heteroatoms. The van der Waals surface area contributed by atoms with E-state index in [-0.39, 0.29) is 23.0 Å². The maximum Gasteiger partial charge on any atom is 0.310 e. The summed E-state index contributed by atoms with van der Waals surface area (Å²) in [6.45, 7) is 13.8. The number of carbonyl (C=O) groups is 2. The van der Waals surface area contributed by atoms with Gasteiger partial charge in [-0.05, 0) is 87.5 Å². The van der Waals surface area contributed by atoms with E-state index in [0.29, 0.717) is 43.9 Å². The van der Waals surface area contributed by atoms with Crippen LogP contribution in [0.25, 0.3) is 0 Å². The molecule has 0 radical (unpaired) electrons. The standard InChI is InChI=1S/C29H44O6/c1-15(17(3)26(33)34)7-8-16(2)18-9-10-19-24-20(30)13-22-27(4,12-11-23(32)29(22,6)35)25(24)21(31)14-28(18,19)5/h16-20,22-23,30,32,35H,1,7-14H2,2-6H3,(H,33,34)/t16-,17?,18?,19?,20+,22?,23-,27+,28-,29-/m1/s1. The molecule has 4 aliphatic carbocycles. The Morgan fingerprint density at radius 1 is 1.14 bits per heavy atom. The number of allylic oxidation sites excluding steroid dienone is 1.